The third-order valence-corrected chi connectivity index (χ3v) is 4.54. The summed E-state index contributed by atoms with van der Waals surface area (Å²) in [7, 11) is 1.58. The molecule has 26 heavy (non-hydrogen) atoms. The summed E-state index contributed by atoms with van der Waals surface area (Å²) >= 11 is 6.41. The lowest BCUT2D eigenvalue weighted by atomic mass is 10.1. The predicted molar refractivity (Wildman–Crippen MR) is 103 cm³/mol. The SMILES string of the molecule is COc1cccc(-n2c(Cl)cc3[nH]c(=O)c(-c4ccccc4)c(O)c32)c1. The predicted octanol–water partition coefficient (Wildman–Crippen LogP) is 4.35. The molecule has 0 bridgehead atoms. The topological polar surface area (TPSA) is 67.2 Å². The molecule has 0 radical (unpaired) electrons. The molecule has 0 saturated heterocycles. The van der Waals surface area contributed by atoms with Crippen LogP contribution in [0.15, 0.2) is 65.5 Å². The van der Waals surface area contributed by atoms with Crippen molar-refractivity contribution in [3.05, 3.63) is 76.2 Å². The van der Waals surface area contributed by atoms with Crippen LogP contribution in [0.5, 0.6) is 11.5 Å². The van der Waals surface area contributed by atoms with E-state index in [9.17, 15) is 9.90 Å². The van der Waals surface area contributed by atoms with Crippen LogP contribution in [-0.2, 0) is 0 Å². The van der Waals surface area contributed by atoms with E-state index in [1.807, 2.05) is 36.4 Å². The minimum Gasteiger partial charge on any atom is -0.505 e. The number of nitrogens with zero attached hydrogens (tertiary/aromatic N) is 1. The lowest BCUT2D eigenvalue weighted by molar-refractivity contribution is 0.414. The van der Waals surface area contributed by atoms with Gasteiger partial charge in [-0.1, -0.05) is 48.0 Å². The van der Waals surface area contributed by atoms with Crippen LogP contribution >= 0.6 is 11.6 Å². The lowest BCUT2D eigenvalue weighted by Crippen LogP contribution is -2.09. The van der Waals surface area contributed by atoms with E-state index in [1.54, 1.807) is 35.9 Å². The van der Waals surface area contributed by atoms with E-state index in [2.05, 4.69) is 4.98 Å². The lowest BCUT2D eigenvalue weighted by Gasteiger charge is -2.11. The number of halogens is 1. The van der Waals surface area contributed by atoms with E-state index in [-0.39, 0.29) is 16.9 Å². The number of H-pyrrole nitrogens is 1. The zero-order chi connectivity index (χ0) is 18.3. The summed E-state index contributed by atoms with van der Waals surface area (Å²) in [5, 5.41) is 11.3. The summed E-state index contributed by atoms with van der Waals surface area (Å²) in [4.78, 5) is 15.3. The van der Waals surface area contributed by atoms with Crippen molar-refractivity contribution in [3.8, 4) is 28.3 Å². The highest BCUT2D eigenvalue weighted by Crippen LogP contribution is 2.37. The fourth-order valence-corrected chi connectivity index (χ4v) is 3.38. The Labute approximate surface area is 154 Å². The van der Waals surface area contributed by atoms with Gasteiger partial charge >= 0.3 is 0 Å². The number of pyridine rings is 1. The van der Waals surface area contributed by atoms with Gasteiger partial charge in [0.2, 0.25) is 0 Å². The van der Waals surface area contributed by atoms with E-state index in [4.69, 9.17) is 16.3 Å². The summed E-state index contributed by atoms with van der Waals surface area (Å²) < 4.78 is 6.95. The van der Waals surface area contributed by atoms with Crippen molar-refractivity contribution >= 4 is 22.6 Å². The number of ether oxygens (including phenoxy) is 1. The van der Waals surface area contributed by atoms with Gasteiger partial charge in [0.1, 0.15) is 16.4 Å². The minimum absolute atomic E-state index is 0.121. The van der Waals surface area contributed by atoms with Crippen molar-refractivity contribution in [2.24, 2.45) is 0 Å². The van der Waals surface area contributed by atoms with Crippen LogP contribution in [0.25, 0.3) is 27.8 Å². The number of aromatic hydroxyl groups is 1. The Kier molecular flexibility index (Phi) is 3.93. The minimum atomic E-state index is -0.374. The van der Waals surface area contributed by atoms with Crippen molar-refractivity contribution in [2.45, 2.75) is 0 Å². The second-order valence-electron chi connectivity index (χ2n) is 5.81. The third kappa shape index (κ3) is 2.53. The van der Waals surface area contributed by atoms with Crippen LogP contribution in [-0.4, -0.2) is 21.8 Å². The number of aromatic nitrogens is 2. The van der Waals surface area contributed by atoms with Crippen molar-refractivity contribution in [2.75, 3.05) is 7.11 Å². The summed E-state index contributed by atoms with van der Waals surface area (Å²) in [5.41, 5.74) is 2.06. The largest absolute Gasteiger partial charge is 0.505 e. The van der Waals surface area contributed by atoms with E-state index < -0.39 is 0 Å². The van der Waals surface area contributed by atoms with Crippen LogP contribution in [0.1, 0.15) is 0 Å². The maximum absolute atomic E-state index is 12.5. The van der Waals surface area contributed by atoms with Crippen LogP contribution in [0.3, 0.4) is 0 Å². The summed E-state index contributed by atoms with van der Waals surface area (Å²) in [6.07, 6.45) is 0. The molecule has 0 spiro atoms. The standard InChI is InChI=1S/C20H15ClN2O3/c1-26-14-9-5-8-13(10-14)23-16(21)11-15-18(23)19(24)17(20(25)22-15)12-6-3-2-4-7-12/h2-11H,1H3,(H2,22,24,25). The molecule has 0 aliphatic heterocycles. The first-order valence-electron chi connectivity index (χ1n) is 7.96. The molecular formula is C20H15ClN2O3. The Morgan fingerprint density at radius 3 is 2.58 bits per heavy atom. The highest BCUT2D eigenvalue weighted by molar-refractivity contribution is 6.31. The first kappa shape index (κ1) is 16.3. The Morgan fingerprint density at radius 2 is 1.85 bits per heavy atom. The molecule has 130 valence electrons. The van der Waals surface area contributed by atoms with Gasteiger partial charge in [-0.2, -0.15) is 0 Å². The van der Waals surface area contributed by atoms with E-state index in [0.717, 1.165) is 0 Å². The second kappa shape index (κ2) is 6.28. The molecule has 2 aromatic carbocycles. The highest BCUT2D eigenvalue weighted by Gasteiger charge is 2.20. The summed E-state index contributed by atoms with van der Waals surface area (Å²) in [6, 6.07) is 17.9. The average molecular weight is 367 g/mol. The maximum Gasteiger partial charge on any atom is 0.260 e. The molecule has 0 unspecified atom stereocenters. The molecule has 0 aliphatic rings. The smallest absolute Gasteiger partial charge is 0.260 e. The number of benzene rings is 2. The Hall–Kier alpha value is -3.18. The molecule has 0 saturated carbocycles. The van der Waals surface area contributed by atoms with E-state index >= 15 is 0 Å². The first-order valence-corrected chi connectivity index (χ1v) is 8.34. The van der Waals surface area contributed by atoms with Gasteiger partial charge in [0.25, 0.3) is 5.56 Å². The van der Waals surface area contributed by atoms with Crippen molar-refractivity contribution in [1.82, 2.24) is 9.55 Å². The van der Waals surface area contributed by atoms with Crippen LogP contribution in [0.2, 0.25) is 5.15 Å². The maximum atomic E-state index is 12.5. The fraction of sp³-hybridized carbons (Fsp3) is 0.0500. The first-order chi connectivity index (χ1) is 12.6. The molecule has 5 nitrogen and oxygen atoms in total. The molecule has 0 fully saturated rings. The van der Waals surface area contributed by atoms with E-state index in [1.165, 1.54) is 0 Å². The van der Waals surface area contributed by atoms with Gasteiger partial charge in [-0.25, -0.2) is 0 Å². The molecule has 2 aromatic heterocycles. The monoisotopic (exact) mass is 366 g/mol. The van der Waals surface area contributed by atoms with Crippen LogP contribution in [0, 0.1) is 0 Å². The van der Waals surface area contributed by atoms with Crippen molar-refractivity contribution < 1.29 is 9.84 Å². The normalized spacial score (nSPS) is 11.0. The number of aromatic amines is 1. The molecular weight excluding hydrogens is 352 g/mol. The number of fused-ring (bicyclic) bond motifs is 1. The fourth-order valence-electron chi connectivity index (χ4n) is 3.09. The molecule has 0 aliphatic carbocycles. The number of methoxy groups -OCH3 is 1. The number of hydrogen-bond donors (Lipinski definition) is 2. The van der Waals surface area contributed by atoms with Gasteiger partial charge in [-0.3, -0.25) is 9.36 Å². The number of nitrogens with one attached hydrogen (secondary N) is 1. The zero-order valence-corrected chi connectivity index (χ0v) is 14.6. The van der Waals surface area contributed by atoms with Crippen molar-refractivity contribution in [3.63, 3.8) is 0 Å². The average Bonchev–Trinajstić information content (AvgIpc) is 2.98. The Bertz CT molecular complexity index is 1160. The molecule has 2 heterocycles. The van der Waals surface area contributed by atoms with E-state index in [0.29, 0.717) is 33.2 Å². The molecule has 6 heteroatoms. The van der Waals surface area contributed by atoms with Gasteiger partial charge in [-0.15, -0.1) is 0 Å². The quantitative estimate of drug-likeness (QED) is 0.566. The van der Waals surface area contributed by atoms with Gasteiger partial charge in [-0.05, 0) is 23.8 Å². The zero-order valence-electron chi connectivity index (χ0n) is 13.9. The number of hydrogen-bond acceptors (Lipinski definition) is 3. The molecule has 0 atom stereocenters. The van der Waals surface area contributed by atoms with Crippen molar-refractivity contribution in [1.29, 1.82) is 0 Å². The second-order valence-corrected chi connectivity index (χ2v) is 6.20. The van der Waals surface area contributed by atoms with Gasteiger partial charge in [0.15, 0.2) is 5.75 Å². The van der Waals surface area contributed by atoms with Gasteiger partial charge < -0.3 is 14.8 Å². The molecule has 4 aromatic rings. The van der Waals surface area contributed by atoms with Gasteiger partial charge in [0, 0.05) is 6.07 Å². The highest BCUT2D eigenvalue weighted by atomic mass is 35.5. The van der Waals surface area contributed by atoms with Crippen LogP contribution in [0.4, 0.5) is 0 Å². The molecule has 4 rings (SSSR count). The number of rotatable bonds is 3. The van der Waals surface area contributed by atoms with Gasteiger partial charge in [0.05, 0.1) is 23.9 Å². The molecule has 0 amide bonds. The summed E-state index contributed by atoms with van der Waals surface area (Å²) in [6.45, 7) is 0. The Morgan fingerprint density at radius 1 is 1.08 bits per heavy atom. The van der Waals surface area contributed by atoms with Crippen LogP contribution < -0.4 is 10.3 Å². The third-order valence-electron chi connectivity index (χ3n) is 4.27. The molecule has 2 N–H and O–H groups in total. The summed E-state index contributed by atoms with van der Waals surface area (Å²) in [5.74, 6) is 0.539. The Balaban J connectivity index is 2.06.